The molecule has 2 amide bonds. The molecule has 0 saturated heterocycles. The molecule has 0 saturated carbocycles. The van der Waals surface area contributed by atoms with Gasteiger partial charge in [0.15, 0.2) is 0 Å². The van der Waals surface area contributed by atoms with E-state index in [1.54, 1.807) is 15.5 Å². The highest BCUT2D eigenvalue weighted by molar-refractivity contribution is 5.94. The third-order valence-electron chi connectivity index (χ3n) is 5.39. The molecule has 0 spiro atoms. The summed E-state index contributed by atoms with van der Waals surface area (Å²) in [7, 11) is 3.69. The maximum Gasteiger partial charge on any atom is 0.267 e. The summed E-state index contributed by atoms with van der Waals surface area (Å²) in [6, 6.07) is 21.4. The highest BCUT2D eigenvalue weighted by Gasteiger charge is 2.22. The van der Waals surface area contributed by atoms with Gasteiger partial charge in [0.25, 0.3) is 11.8 Å². The molecule has 5 heteroatoms. The molecule has 0 aliphatic rings. The molecule has 0 unspecified atom stereocenters. The van der Waals surface area contributed by atoms with Crippen molar-refractivity contribution in [3.8, 4) is 0 Å². The smallest absolute Gasteiger partial charge is 0.267 e. The summed E-state index contributed by atoms with van der Waals surface area (Å²) in [5, 5.41) is 2.99. The molecule has 1 N–H and O–H groups in total. The molecule has 1 atom stereocenters. The first-order valence-electron chi connectivity index (χ1n) is 10.2. The van der Waals surface area contributed by atoms with Crippen molar-refractivity contribution in [1.29, 1.82) is 0 Å². The lowest BCUT2D eigenvalue weighted by molar-refractivity contribution is 0.0722. The van der Waals surface area contributed by atoms with Crippen LogP contribution in [0, 0.1) is 6.92 Å². The van der Waals surface area contributed by atoms with Gasteiger partial charge in [-0.15, -0.1) is 0 Å². The van der Waals surface area contributed by atoms with Crippen molar-refractivity contribution in [1.82, 2.24) is 14.8 Å². The number of amides is 2. The standard InChI is InChI=1S/C25H29N3O2/c1-19-9-7-12-21(17-19)25(30)28(3)22(18-20-10-5-4-6-11-20)14-15-26-24(29)23-13-8-16-27(23)2/h4-13,16-17,22H,14-15,18H2,1-3H3,(H,26,29)/t22-/m1/s1. The first-order valence-corrected chi connectivity index (χ1v) is 10.2. The van der Waals surface area contributed by atoms with Gasteiger partial charge >= 0.3 is 0 Å². The van der Waals surface area contributed by atoms with Crippen molar-refractivity contribution in [2.45, 2.75) is 25.8 Å². The largest absolute Gasteiger partial charge is 0.351 e. The summed E-state index contributed by atoms with van der Waals surface area (Å²) in [6.07, 6.45) is 3.25. The van der Waals surface area contributed by atoms with Crippen LogP contribution in [-0.2, 0) is 13.5 Å². The van der Waals surface area contributed by atoms with Crippen molar-refractivity contribution in [3.63, 3.8) is 0 Å². The van der Waals surface area contributed by atoms with E-state index in [0.29, 0.717) is 24.2 Å². The van der Waals surface area contributed by atoms with E-state index in [4.69, 9.17) is 0 Å². The summed E-state index contributed by atoms with van der Waals surface area (Å²) < 4.78 is 1.80. The monoisotopic (exact) mass is 403 g/mol. The molecule has 0 aliphatic carbocycles. The molecule has 3 aromatic rings. The van der Waals surface area contributed by atoms with E-state index in [1.165, 1.54) is 5.56 Å². The second kappa shape index (κ2) is 9.92. The van der Waals surface area contributed by atoms with Gasteiger partial charge in [-0.1, -0.05) is 48.0 Å². The lowest BCUT2D eigenvalue weighted by Gasteiger charge is -2.29. The number of likely N-dealkylation sites (N-methyl/N-ethyl adjacent to an activating group) is 1. The number of benzene rings is 2. The zero-order valence-corrected chi connectivity index (χ0v) is 17.8. The van der Waals surface area contributed by atoms with Crippen molar-refractivity contribution in [2.75, 3.05) is 13.6 Å². The molecule has 30 heavy (non-hydrogen) atoms. The van der Waals surface area contributed by atoms with Crippen LogP contribution in [0.25, 0.3) is 0 Å². The number of rotatable bonds is 8. The van der Waals surface area contributed by atoms with Gasteiger partial charge in [0, 0.05) is 38.4 Å². The number of hydrogen-bond donors (Lipinski definition) is 1. The predicted molar refractivity (Wildman–Crippen MR) is 120 cm³/mol. The Morgan fingerprint density at radius 2 is 1.80 bits per heavy atom. The van der Waals surface area contributed by atoms with Crippen molar-refractivity contribution < 1.29 is 9.59 Å². The van der Waals surface area contributed by atoms with E-state index in [-0.39, 0.29) is 17.9 Å². The van der Waals surface area contributed by atoms with Crippen LogP contribution in [0.2, 0.25) is 0 Å². The van der Waals surface area contributed by atoms with Gasteiger partial charge in [0.05, 0.1) is 0 Å². The fraction of sp³-hybridized carbons (Fsp3) is 0.280. The minimum Gasteiger partial charge on any atom is -0.351 e. The van der Waals surface area contributed by atoms with Crippen LogP contribution in [0.5, 0.6) is 0 Å². The van der Waals surface area contributed by atoms with E-state index in [1.807, 2.05) is 75.7 Å². The summed E-state index contributed by atoms with van der Waals surface area (Å²) in [6.45, 7) is 2.48. The number of aromatic nitrogens is 1. The molecule has 2 aromatic carbocycles. The number of carbonyl (C=O) groups is 2. The Morgan fingerprint density at radius 3 is 2.47 bits per heavy atom. The normalized spacial score (nSPS) is 11.7. The molecule has 1 heterocycles. The molecular weight excluding hydrogens is 374 g/mol. The Labute approximate surface area is 178 Å². The maximum absolute atomic E-state index is 13.1. The first kappa shape index (κ1) is 21.4. The molecular formula is C25H29N3O2. The van der Waals surface area contributed by atoms with Gasteiger partial charge in [-0.25, -0.2) is 0 Å². The van der Waals surface area contributed by atoms with Gasteiger partial charge in [0.2, 0.25) is 0 Å². The van der Waals surface area contributed by atoms with Crippen LogP contribution >= 0.6 is 0 Å². The van der Waals surface area contributed by atoms with E-state index in [2.05, 4.69) is 17.4 Å². The van der Waals surface area contributed by atoms with Gasteiger partial charge in [0.1, 0.15) is 5.69 Å². The number of nitrogens with zero attached hydrogens (tertiary/aromatic N) is 2. The Bertz CT molecular complexity index is 994. The molecule has 0 radical (unpaired) electrons. The fourth-order valence-corrected chi connectivity index (χ4v) is 3.61. The summed E-state index contributed by atoms with van der Waals surface area (Å²) >= 11 is 0. The summed E-state index contributed by atoms with van der Waals surface area (Å²) in [4.78, 5) is 27.3. The third-order valence-corrected chi connectivity index (χ3v) is 5.39. The minimum absolute atomic E-state index is 0.00612. The van der Waals surface area contributed by atoms with Crippen LogP contribution in [0.1, 0.15) is 38.4 Å². The van der Waals surface area contributed by atoms with Crippen LogP contribution in [0.15, 0.2) is 72.9 Å². The van der Waals surface area contributed by atoms with Gasteiger partial charge in [-0.3, -0.25) is 9.59 Å². The van der Waals surface area contributed by atoms with Crippen molar-refractivity contribution in [3.05, 3.63) is 95.3 Å². The summed E-state index contributed by atoms with van der Waals surface area (Å²) in [5.41, 5.74) is 3.53. The molecule has 3 rings (SSSR count). The van der Waals surface area contributed by atoms with Crippen LogP contribution < -0.4 is 5.32 Å². The van der Waals surface area contributed by atoms with Crippen LogP contribution in [0.3, 0.4) is 0 Å². The minimum atomic E-state index is -0.103. The third kappa shape index (κ3) is 5.38. The van der Waals surface area contributed by atoms with Crippen molar-refractivity contribution in [2.24, 2.45) is 7.05 Å². The van der Waals surface area contributed by atoms with E-state index in [9.17, 15) is 9.59 Å². The lowest BCUT2D eigenvalue weighted by Crippen LogP contribution is -2.41. The number of aryl methyl sites for hydroxylation is 2. The zero-order valence-electron chi connectivity index (χ0n) is 17.8. The second-order valence-corrected chi connectivity index (χ2v) is 7.68. The number of carbonyl (C=O) groups excluding carboxylic acids is 2. The molecule has 156 valence electrons. The first-order chi connectivity index (χ1) is 14.5. The van der Waals surface area contributed by atoms with Gasteiger partial charge in [-0.2, -0.15) is 0 Å². The quantitative estimate of drug-likeness (QED) is 0.621. The lowest BCUT2D eigenvalue weighted by atomic mass is 10.0. The van der Waals surface area contributed by atoms with Gasteiger partial charge in [-0.05, 0) is 49.6 Å². The molecule has 0 bridgehead atoms. The highest BCUT2D eigenvalue weighted by Crippen LogP contribution is 2.15. The topological polar surface area (TPSA) is 54.3 Å². The Hall–Kier alpha value is -3.34. The SMILES string of the molecule is Cc1cccc(C(=O)N(C)[C@H](CCNC(=O)c2cccn2C)Cc2ccccc2)c1. The Kier molecular flexibility index (Phi) is 7.07. The number of hydrogen-bond acceptors (Lipinski definition) is 2. The second-order valence-electron chi connectivity index (χ2n) is 7.68. The molecule has 0 fully saturated rings. The van der Waals surface area contributed by atoms with Crippen LogP contribution in [-0.4, -0.2) is 40.9 Å². The average Bonchev–Trinajstić information content (AvgIpc) is 3.18. The van der Waals surface area contributed by atoms with E-state index >= 15 is 0 Å². The Morgan fingerprint density at radius 1 is 1.03 bits per heavy atom. The predicted octanol–water partition coefficient (Wildman–Crippen LogP) is 3.84. The van der Waals surface area contributed by atoms with E-state index < -0.39 is 0 Å². The molecule has 1 aromatic heterocycles. The fourth-order valence-electron chi connectivity index (χ4n) is 3.61. The summed E-state index contributed by atoms with van der Waals surface area (Å²) in [5.74, 6) is -0.109. The Balaban J connectivity index is 1.70. The van der Waals surface area contributed by atoms with Gasteiger partial charge < -0.3 is 14.8 Å². The maximum atomic E-state index is 13.1. The molecule has 5 nitrogen and oxygen atoms in total. The zero-order chi connectivity index (χ0) is 21.5. The number of nitrogens with one attached hydrogen (secondary N) is 1. The average molecular weight is 404 g/mol. The van der Waals surface area contributed by atoms with Crippen LogP contribution in [0.4, 0.5) is 0 Å². The van der Waals surface area contributed by atoms with E-state index in [0.717, 1.165) is 12.0 Å². The highest BCUT2D eigenvalue weighted by atomic mass is 16.2. The van der Waals surface area contributed by atoms with Crippen molar-refractivity contribution >= 4 is 11.8 Å². The molecule has 0 aliphatic heterocycles.